The van der Waals surface area contributed by atoms with Crippen LogP contribution in [0, 0.1) is 23.7 Å². The Bertz CT molecular complexity index is 477. The van der Waals surface area contributed by atoms with E-state index in [2.05, 4.69) is 14.2 Å². The number of hydrogen-bond acceptors (Lipinski definition) is 3. The van der Waals surface area contributed by atoms with Crippen LogP contribution in [0.5, 0.6) is 0 Å². The number of halogens is 7. The maximum Gasteiger partial charge on any atom is 0.429 e. The molecule has 154 valence electrons. The van der Waals surface area contributed by atoms with Gasteiger partial charge in [0.25, 0.3) is 5.60 Å². The van der Waals surface area contributed by atoms with E-state index in [0.717, 1.165) is 0 Å². The molecular weight excluding hydrogens is 373 g/mol. The van der Waals surface area contributed by atoms with Crippen LogP contribution in [-0.4, -0.2) is 50.7 Å². The number of fused-ring (bicyclic) bond motifs is 2. The van der Waals surface area contributed by atoms with Crippen LogP contribution < -0.4 is 0 Å². The van der Waals surface area contributed by atoms with E-state index in [9.17, 15) is 26.3 Å². The number of rotatable bonds is 7. The second-order valence-electron chi connectivity index (χ2n) is 7.23. The number of alkyl halides is 7. The lowest BCUT2D eigenvalue weighted by Gasteiger charge is -2.50. The molecule has 26 heavy (non-hydrogen) atoms. The van der Waals surface area contributed by atoms with Crippen LogP contribution in [0.25, 0.3) is 0 Å². The van der Waals surface area contributed by atoms with Crippen molar-refractivity contribution < 1.29 is 44.9 Å². The summed E-state index contributed by atoms with van der Waals surface area (Å²) in [6.45, 7) is 1.56. The average Bonchev–Trinajstić information content (AvgIpc) is 2.97. The largest absolute Gasteiger partial charge is 0.429 e. The zero-order valence-corrected chi connectivity index (χ0v) is 14.7. The van der Waals surface area contributed by atoms with E-state index in [4.69, 9.17) is 0 Å². The third kappa shape index (κ3) is 3.11. The topological polar surface area (TPSA) is 27.7 Å². The van der Waals surface area contributed by atoms with Crippen LogP contribution in [0.4, 0.5) is 30.7 Å². The van der Waals surface area contributed by atoms with Gasteiger partial charge in [-0.1, -0.05) is 13.8 Å². The highest BCUT2D eigenvalue weighted by atomic mass is 19.4. The first-order valence-electron chi connectivity index (χ1n) is 8.36. The maximum absolute atomic E-state index is 15.7. The molecule has 2 saturated carbocycles. The fourth-order valence-electron chi connectivity index (χ4n) is 4.61. The lowest BCUT2D eigenvalue weighted by atomic mass is 9.66. The summed E-state index contributed by atoms with van der Waals surface area (Å²) in [4.78, 5) is 0. The molecule has 2 bridgehead atoms. The smallest absolute Gasteiger partial charge is 0.382 e. The third-order valence-corrected chi connectivity index (χ3v) is 6.09. The average molecular weight is 396 g/mol. The van der Waals surface area contributed by atoms with Gasteiger partial charge >= 0.3 is 12.4 Å². The van der Waals surface area contributed by atoms with Crippen molar-refractivity contribution in [3.8, 4) is 0 Å². The van der Waals surface area contributed by atoms with Gasteiger partial charge in [-0.25, -0.2) is 4.39 Å². The minimum absolute atomic E-state index is 0.0133. The van der Waals surface area contributed by atoms with E-state index in [1.54, 1.807) is 6.92 Å². The SMILES string of the molecule is COCCOCOC(C(F)(F)F)(C(F)(F)F)C1(F)CC2CC1C(C)C2C. The highest BCUT2D eigenvalue weighted by Gasteiger charge is 2.86. The summed E-state index contributed by atoms with van der Waals surface area (Å²) in [5, 5.41) is 0. The molecule has 2 fully saturated rings. The summed E-state index contributed by atoms with van der Waals surface area (Å²) in [6, 6.07) is 0. The highest BCUT2D eigenvalue weighted by molar-refractivity contribution is 5.21. The van der Waals surface area contributed by atoms with Gasteiger partial charge in [0.1, 0.15) is 6.79 Å². The van der Waals surface area contributed by atoms with Crippen molar-refractivity contribution in [1.29, 1.82) is 0 Å². The zero-order valence-electron chi connectivity index (χ0n) is 14.7. The van der Waals surface area contributed by atoms with Crippen LogP contribution in [0.1, 0.15) is 26.7 Å². The summed E-state index contributed by atoms with van der Waals surface area (Å²) in [5.74, 6) is -2.67. The molecule has 0 spiro atoms. The van der Waals surface area contributed by atoms with Crippen LogP contribution in [-0.2, 0) is 14.2 Å². The minimum atomic E-state index is -5.99. The lowest BCUT2D eigenvalue weighted by molar-refractivity contribution is -0.432. The van der Waals surface area contributed by atoms with Gasteiger partial charge in [-0.15, -0.1) is 0 Å². The van der Waals surface area contributed by atoms with E-state index in [-0.39, 0.29) is 25.6 Å². The summed E-state index contributed by atoms with van der Waals surface area (Å²) >= 11 is 0. The summed E-state index contributed by atoms with van der Waals surface area (Å²) in [6.07, 6.45) is -12.8. The number of ether oxygens (including phenoxy) is 3. The summed E-state index contributed by atoms with van der Waals surface area (Å²) in [5.41, 5.74) is -8.52. The Kier molecular flexibility index (Phi) is 5.91. The molecule has 0 radical (unpaired) electrons. The van der Waals surface area contributed by atoms with Gasteiger partial charge in [-0.3, -0.25) is 0 Å². The van der Waals surface area contributed by atoms with E-state index < -0.39 is 54.6 Å². The molecule has 2 aliphatic rings. The van der Waals surface area contributed by atoms with Crippen molar-refractivity contribution in [3.05, 3.63) is 0 Å². The molecule has 0 N–H and O–H groups in total. The van der Waals surface area contributed by atoms with Gasteiger partial charge in [0.15, 0.2) is 5.67 Å². The predicted molar refractivity (Wildman–Crippen MR) is 77.0 cm³/mol. The van der Waals surface area contributed by atoms with Gasteiger partial charge < -0.3 is 14.2 Å². The molecular formula is C16H23F7O3. The molecule has 5 atom stereocenters. The molecule has 0 aliphatic heterocycles. The Hall–Kier alpha value is -0.610. The third-order valence-electron chi connectivity index (χ3n) is 6.09. The lowest BCUT2D eigenvalue weighted by Crippen LogP contribution is -2.73. The first-order chi connectivity index (χ1) is 11.8. The summed E-state index contributed by atoms with van der Waals surface area (Å²) < 4.78 is 111. The molecule has 0 saturated heterocycles. The monoisotopic (exact) mass is 396 g/mol. The van der Waals surface area contributed by atoms with Gasteiger partial charge in [0.05, 0.1) is 13.2 Å². The second kappa shape index (κ2) is 7.09. The van der Waals surface area contributed by atoms with Gasteiger partial charge in [-0.2, -0.15) is 26.3 Å². The molecule has 0 aromatic heterocycles. The van der Waals surface area contributed by atoms with Crippen molar-refractivity contribution in [2.75, 3.05) is 27.1 Å². The minimum Gasteiger partial charge on any atom is -0.382 e. The van der Waals surface area contributed by atoms with Crippen molar-refractivity contribution in [2.24, 2.45) is 23.7 Å². The van der Waals surface area contributed by atoms with Crippen LogP contribution in [0.15, 0.2) is 0 Å². The second-order valence-corrected chi connectivity index (χ2v) is 7.23. The molecule has 0 amide bonds. The highest BCUT2D eigenvalue weighted by Crippen LogP contribution is 2.67. The molecule has 10 heteroatoms. The quantitative estimate of drug-likeness (QED) is 0.360. The molecule has 3 nitrogen and oxygen atoms in total. The van der Waals surface area contributed by atoms with E-state index in [1.807, 2.05) is 0 Å². The van der Waals surface area contributed by atoms with Crippen LogP contribution in [0.2, 0.25) is 0 Å². The number of methoxy groups -OCH3 is 1. The Morgan fingerprint density at radius 1 is 0.962 bits per heavy atom. The Morgan fingerprint density at radius 2 is 1.54 bits per heavy atom. The van der Waals surface area contributed by atoms with Crippen molar-refractivity contribution in [1.82, 2.24) is 0 Å². The normalized spacial score (nSPS) is 35.3. The molecule has 0 aromatic rings. The van der Waals surface area contributed by atoms with Crippen molar-refractivity contribution in [3.63, 3.8) is 0 Å². The first-order valence-corrected chi connectivity index (χ1v) is 8.36. The summed E-state index contributed by atoms with van der Waals surface area (Å²) in [7, 11) is 1.29. The van der Waals surface area contributed by atoms with Crippen molar-refractivity contribution in [2.45, 2.75) is 50.3 Å². The van der Waals surface area contributed by atoms with Crippen LogP contribution >= 0.6 is 0 Å². The Labute approximate surface area is 147 Å². The standard InChI is InChI=1S/C16H23F7O3/c1-9-10(2)12-6-11(9)7-13(12,17)14(15(18,19)20,16(21,22)23)26-8-25-5-4-24-3/h9-12H,4-8H2,1-3H3. The fourth-order valence-corrected chi connectivity index (χ4v) is 4.61. The molecule has 2 aliphatic carbocycles. The van der Waals surface area contributed by atoms with E-state index in [1.165, 1.54) is 14.0 Å². The molecule has 0 heterocycles. The van der Waals surface area contributed by atoms with E-state index >= 15 is 4.39 Å². The van der Waals surface area contributed by atoms with Gasteiger partial charge in [-0.05, 0) is 36.5 Å². The Morgan fingerprint density at radius 3 is 1.96 bits per heavy atom. The molecule has 5 unspecified atom stereocenters. The molecule has 2 rings (SSSR count). The van der Waals surface area contributed by atoms with Crippen LogP contribution in [0.3, 0.4) is 0 Å². The maximum atomic E-state index is 15.7. The van der Waals surface area contributed by atoms with Gasteiger partial charge in [0, 0.05) is 7.11 Å². The zero-order chi connectivity index (χ0) is 20.0. The fraction of sp³-hybridized carbons (Fsp3) is 1.00. The Balaban J connectivity index is 2.40. The number of hydrogen-bond donors (Lipinski definition) is 0. The first kappa shape index (κ1) is 21.7. The van der Waals surface area contributed by atoms with Crippen molar-refractivity contribution >= 4 is 0 Å². The molecule has 0 aromatic carbocycles. The van der Waals surface area contributed by atoms with E-state index in [0.29, 0.717) is 0 Å². The predicted octanol–water partition coefficient (Wildman–Crippen LogP) is 4.51. The van der Waals surface area contributed by atoms with Gasteiger partial charge in [0.2, 0.25) is 0 Å².